The van der Waals surface area contributed by atoms with Crippen molar-refractivity contribution in [2.24, 2.45) is 11.3 Å². The third kappa shape index (κ3) is 2.71. The van der Waals surface area contributed by atoms with Gasteiger partial charge in [0, 0.05) is 0 Å². The Labute approximate surface area is 105 Å². The van der Waals surface area contributed by atoms with Gasteiger partial charge in [-0.05, 0) is 36.7 Å². The van der Waals surface area contributed by atoms with E-state index in [1.807, 2.05) is 0 Å². The number of aliphatic hydroxyl groups excluding tert-OH is 1. The molecular formula is C16H24O. The third-order valence-corrected chi connectivity index (χ3v) is 4.39. The minimum absolute atomic E-state index is 0.266. The highest BCUT2D eigenvalue weighted by molar-refractivity contribution is 5.24. The summed E-state index contributed by atoms with van der Waals surface area (Å²) in [5, 5.41) is 10.6. The molecule has 0 amide bonds. The maximum atomic E-state index is 10.6. The van der Waals surface area contributed by atoms with E-state index in [9.17, 15) is 5.11 Å². The summed E-state index contributed by atoms with van der Waals surface area (Å²) in [5.41, 5.74) is 2.60. The molecule has 0 bridgehead atoms. The first kappa shape index (κ1) is 12.6. The standard InChI is InChI=1S/C16H24O/c1-12-7-9-13(10-8-12)15(17)14-6-4-5-11-16(14,2)3/h7-10,14-15,17H,4-6,11H2,1-3H3. The monoisotopic (exact) mass is 232 g/mol. The van der Waals surface area contributed by atoms with Crippen LogP contribution in [0.1, 0.15) is 56.8 Å². The second kappa shape index (κ2) is 4.81. The van der Waals surface area contributed by atoms with Crippen molar-refractivity contribution in [2.75, 3.05) is 0 Å². The molecule has 1 fully saturated rings. The smallest absolute Gasteiger partial charge is 0.0823 e. The highest BCUT2D eigenvalue weighted by Crippen LogP contribution is 2.46. The van der Waals surface area contributed by atoms with Crippen LogP contribution in [0.4, 0.5) is 0 Å². The molecule has 1 aromatic rings. The summed E-state index contributed by atoms with van der Waals surface area (Å²) in [6, 6.07) is 8.33. The molecule has 1 aliphatic rings. The fourth-order valence-electron chi connectivity index (χ4n) is 3.10. The molecule has 1 aliphatic carbocycles. The lowest BCUT2D eigenvalue weighted by Gasteiger charge is -2.41. The topological polar surface area (TPSA) is 20.2 Å². The summed E-state index contributed by atoms with van der Waals surface area (Å²) >= 11 is 0. The van der Waals surface area contributed by atoms with Crippen LogP contribution in [0.2, 0.25) is 0 Å². The van der Waals surface area contributed by atoms with Crippen molar-refractivity contribution >= 4 is 0 Å². The van der Waals surface area contributed by atoms with Crippen LogP contribution in [0.5, 0.6) is 0 Å². The molecule has 0 heterocycles. The predicted molar refractivity (Wildman–Crippen MR) is 71.9 cm³/mol. The number of hydrogen-bond acceptors (Lipinski definition) is 1. The van der Waals surface area contributed by atoms with Crippen molar-refractivity contribution in [1.82, 2.24) is 0 Å². The Balaban J connectivity index is 2.18. The van der Waals surface area contributed by atoms with Crippen LogP contribution in [0.15, 0.2) is 24.3 Å². The maximum Gasteiger partial charge on any atom is 0.0823 e. The average molecular weight is 232 g/mol. The molecule has 0 spiro atoms. The Morgan fingerprint density at radius 1 is 1.18 bits per heavy atom. The van der Waals surface area contributed by atoms with E-state index in [4.69, 9.17) is 0 Å². The van der Waals surface area contributed by atoms with Crippen molar-refractivity contribution in [1.29, 1.82) is 0 Å². The van der Waals surface area contributed by atoms with E-state index < -0.39 is 0 Å². The Hall–Kier alpha value is -0.820. The first-order valence-electron chi connectivity index (χ1n) is 6.75. The van der Waals surface area contributed by atoms with Gasteiger partial charge in [-0.3, -0.25) is 0 Å². The third-order valence-electron chi connectivity index (χ3n) is 4.39. The van der Waals surface area contributed by atoms with E-state index in [0.717, 1.165) is 12.0 Å². The van der Waals surface area contributed by atoms with E-state index in [2.05, 4.69) is 45.0 Å². The van der Waals surface area contributed by atoms with Crippen molar-refractivity contribution in [2.45, 2.75) is 52.6 Å². The zero-order valence-corrected chi connectivity index (χ0v) is 11.2. The van der Waals surface area contributed by atoms with Gasteiger partial charge in [0.2, 0.25) is 0 Å². The molecule has 2 unspecified atom stereocenters. The fourth-order valence-corrected chi connectivity index (χ4v) is 3.10. The van der Waals surface area contributed by atoms with Crippen molar-refractivity contribution < 1.29 is 5.11 Å². The van der Waals surface area contributed by atoms with E-state index in [1.54, 1.807) is 0 Å². The Morgan fingerprint density at radius 2 is 1.82 bits per heavy atom. The largest absolute Gasteiger partial charge is 0.388 e. The van der Waals surface area contributed by atoms with Crippen molar-refractivity contribution in [3.8, 4) is 0 Å². The molecule has 1 aromatic carbocycles. The minimum Gasteiger partial charge on any atom is -0.388 e. The molecule has 2 atom stereocenters. The molecule has 1 N–H and O–H groups in total. The van der Waals surface area contributed by atoms with Gasteiger partial charge in [-0.1, -0.05) is 56.5 Å². The van der Waals surface area contributed by atoms with E-state index in [1.165, 1.54) is 24.8 Å². The fraction of sp³-hybridized carbons (Fsp3) is 0.625. The molecule has 0 aromatic heterocycles. The zero-order chi connectivity index (χ0) is 12.5. The zero-order valence-electron chi connectivity index (χ0n) is 11.2. The summed E-state index contributed by atoms with van der Waals surface area (Å²) in [6.45, 7) is 6.68. The number of benzene rings is 1. The van der Waals surface area contributed by atoms with Gasteiger partial charge in [-0.25, -0.2) is 0 Å². The molecule has 0 saturated heterocycles. The number of rotatable bonds is 2. The van der Waals surface area contributed by atoms with E-state index >= 15 is 0 Å². The van der Waals surface area contributed by atoms with E-state index in [-0.39, 0.29) is 11.5 Å². The Kier molecular flexibility index (Phi) is 3.58. The van der Waals surface area contributed by atoms with Crippen molar-refractivity contribution in [3.05, 3.63) is 35.4 Å². The van der Waals surface area contributed by atoms with Crippen LogP contribution in [0.25, 0.3) is 0 Å². The molecule has 1 nitrogen and oxygen atoms in total. The highest BCUT2D eigenvalue weighted by atomic mass is 16.3. The number of aliphatic hydroxyl groups is 1. The molecular weight excluding hydrogens is 208 g/mol. The van der Waals surface area contributed by atoms with Crippen LogP contribution in [0, 0.1) is 18.3 Å². The van der Waals surface area contributed by atoms with Gasteiger partial charge in [-0.2, -0.15) is 0 Å². The summed E-state index contributed by atoms with van der Waals surface area (Å²) in [6.07, 6.45) is 4.66. The maximum absolute atomic E-state index is 10.6. The first-order valence-corrected chi connectivity index (χ1v) is 6.75. The Bertz CT molecular complexity index is 364. The van der Waals surface area contributed by atoms with Gasteiger partial charge < -0.3 is 5.11 Å². The van der Waals surface area contributed by atoms with E-state index in [0.29, 0.717) is 5.92 Å². The van der Waals surface area contributed by atoms with Crippen LogP contribution >= 0.6 is 0 Å². The highest BCUT2D eigenvalue weighted by Gasteiger charge is 2.37. The second-order valence-corrected chi connectivity index (χ2v) is 6.20. The van der Waals surface area contributed by atoms with Crippen LogP contribution < -0.4 is 0 Å². The SMILES string of the molecule is Cc1ccc(C(O)C2CCCCC2(C)C)cc1. The second-order valence-electron chi connectivity index (χ2n) is 6.20. The number of aryl methyl sites for hydroxylation is 1. The lowest BCUT2D eigenvalue weighted by molar-refractivity contribution is 0.00385. The molecule has 0 aliphatic heterocycles. The van der Waals surface area contributed by atoms with Gasteiger partial charge in [0.15, 0.2) is 0 Å². The quantitative estimate of drug-likeness (QED) is 0.808. The lowest BCUT2D eigenvalue weighted by Crippen LogP contribution is -2.32. The lowest BCUT2D eigenvalue weighted by atomic mass is 9.65. The summed E-state index contributed by atoms with van der Waals surface area (Å²) in [7, 11) is 0. The molecule has 94 valence electrons. The summed E-state index contributed by atoms with van der Waals surface area (Å²) < 4.78 is 0. The number of hydrogen-bond donors (Lipinski definition) is 1. The van der Waals surface area contributed by atoms with Gasteiger partial charge in [0.05, 0.1) is 6.10 Å². The molecule has 17 heavy (non-hydrogen) atoms. The molecule has 2 rings (SSSR count). The normalized spacial score (nSPS) is 25.5. The Morgan fingerprint density at radius 3 is 2.41 bits per heavy atom. The van der Waals surface area contributed by atoms with Crippen LogP contribution in [-0.2, 0) is 0 Å². The predicted octanol–water partition coefficient (Wildman–Crippen LogP) is 4.24. The van der Waals surface area contributed by atoms with Gasteiger partial charge in [-0.15, -0.1) is 0 Å². The molecule has 1 saturated carbocycles. The average Bonchev–Trinajstić information content (AvgIpc) is 2.28. The molecule has 1 heteroatoms. The van der Waals surface area contributed by atoms with Crippen LogP contribution in [-0.4, -0.2) is 5.11 Å². The first-order chi connectivity index (χ1) is 8.00. The van der Waals surface area contributed by atoms with Gasteiger partial charge in [0.1, 0.15) is 0 Å². The summed E-state index contributed by atoms with van der Waals surface area (Å²) in [5.74, 6) is 0.402. The molecule has 0 radical (unpaired) electrons. The van der Waals surface area contributed by atoms with Crippen LogP contribution in [0.3, 0.4) is 0 Å². The minimum atomic E-state index is -0.300. The van der Waals surface area contributed by atoms with Gasteiger partial charge >= 0.3 is 0 Å². The van der Waals surface area contributed by atoms with Gasteiger partial charge in [0.25, 0.3) is 0 Å². The summed E-state index contributed by atoms with van der Waals surface area (Å²) in [4.78, 5) is 0. The van der Waals surface area contributed by atoms with Crippen molar-refractivity contribution in [3.63, 3.8) is 0 Å².